The number of aromatic nitrogens is 2. The quantitative estimate of drug-likeness (QED) is 0.640. The number of hydrogen-bond donors (Lipinski definition) is 0. The summed E-state index contributed by atoms with van der Waals surface area (Å²) in [7, 11) is 0. The lowest BCUT2D eigenvalue weighted by atomic mass is 10.1. The molecule has 29 heavy (non-hydrogen) atoms. The fraction of sp³-hybridized carbons (Fsp3) is 0.391. The van der Waals surface area contributed by atoms with Crippen molar-refractivity contribution >= 4 is 22.4 Å². The Labute approximate surface area is 176 Å². The number of thiazole rings is 1. The molecule has 1 fully saturated rings. The van der Waals surface area contributed by atoms with E-state index in [0.717, 1.165) is 65.1 Å². The Kier molecular flexibility index (Phi) is 5.46. The molecule has 1 aliphatic heterocycles. The highest BCUT2D eigenvalue weighted by molar-refractivity contribution is 7.13. The Morgan fingerprint density at radius 1 is 0.966 bits per heavy atom. The van der Waals surface area contributed by atoms with Crippen LogP contribution < -0.4 is 4.90 Å². The molecule has 1 saturated heterocycles. The molecule has 0 unspecified atom stereocenters. The van der Waals surface area contributed by atoms with Crippen molar-refractivity contribution in [3.8, 4) is 5.69 Å². The normalized spacial score (nSPS) is 14.9. The van der Waals surface area contributed by atoms with Gasteiger partial charge in [0.2, 0.25) is 0 Å². The van der Waals surface area contributed by atoms with Gasteiger partial charge in [0.1, 0.15) is 0 Å². The first-order chi connectivity index (χ1) is 13.9. The average molecular weight is 409 g/mol. The number of rotatable bonds is 3. The molecule has 2 aromatic heterocycles. The second kappa shape index (κ2) is 8.03. The zero-order valence-corrected chi connectivity index (χ0v) is 18.4. The highest BCUT2D eigenvalue weighted by Crippen LogP contribution is 2.25. The zero-order chi connectivity index (χ0) is 20.5. The first-order valence-electron chi connectivity index (χ1n) is 10.2. The van der Waals surface area contributed by atoms with Crippen LogP contribution in [0, 0.1) is 27.7 Å². The molecule has 1 aliphatic rings. The van der Waals surface area contributed by atoms with Crippen molar-refractivity contribution in [3.63, 3.8) is 0 Å². The number of aryl methyl sites for hydroxylation is 4. The van der Waals surface area contributed by atoms with Crippen LogP contribution in [0.25, 0.3) is 5.69 Å². The Hall–Kier alpha value is -2.60. The van der Waals surface area contributed by atoms with Gasteiger partial charge in [-0.2, -0.15) is 0 Å². The van der Waals surface area contributed by atoms with Gasteiger partial charge in [0, 0.05) is 42.9 Å². The summed E-state index contributed by atoms with van der Waals surface area (Å²) in [5.74, 6) is 0.119. The van der Waals surface area contributed by atoms with E-state index in [1.165, 1.54) is 0 Å². The van der Waals surface area contributed by atoms with E-state index in [0.29, 0.717) is 6.54 Å². The molecule has 5 nitrogen and oxygen atoms in total. The van der Waals surface area contributed by atoms with Gasteiger partial charge in [0.25, 0.3) is 5.91 Å². The standard InChI is InChI=1S/C23H28N4OS/c1-16-6-9-21(27-18(3)7-8-19(27)4)20(14-16)22(28)25-10-5-11-26(13-12-25)23-24-17(2)15-29-23/h6-9,14-15H,5,10-13H2,1-4H3. The number of anilines is 1. The lowest BCUT2D eigenvalue weighted by molar-refractivity contribution is 0.0767. The van der Waals surface area contributed by atoms with Crippen molar-refractivity contribution in [3.05, 3.63) is 63.9 Å². The molecule has 6 heteroatoms. The second-order valence-corrected chi connectivity index (χ2v) is 8.71. The number of carbonyl (C=O) groups is 1. The molecule has 0 N–H and O–H groups in total. The van der Waals surface area contributed by atoms with Crippen LogP contribution in [0.2, 0.25) is 0 Å². The van der Waals surface area contributed by atoms with Gasteiger partial charge in [-0.15, -0.1) is 11.3 Å². The van der Waals surface area contributed by atoms with Gasteiger partial charge in [-0.1, -0.05) is 11.6 Å². The van der Waals surface area contributed by atoms with E-state index in [4.69, 9.17) is 0 Å². The van der Waals surface area contributed by atoms with E-state index in [9.17, 15) is 4.79 Å². The molecule has 152 valence electrons. The predicted molar refractivity (Wildman–Crippen MR) is 120 cm³/mol. The number of amides is 1. The van der Waals surface area contributed by atoms with Crippen molar-refractivity contribution in [2.75, 3.05) is 31.1 Å². The van der Waals surface area contributed by atoms with Crippen LogP contribution in [-0.2, 0) is 0 Å². The maximum Gasteiger partial charge on any atom is 0.256 e. The summed E-state index contributed by atoms with van der Waals surface area (Å²) >= 11 is 1.69. The highest BCUT2D eigenvalue weighted by atomic mass is 32.1. The first kappa shape index (κ1) is 19.7. The van der Waals surface area contributed by atoms with Crippen molar-refractivity contribution < 1.29 is 4.79 Å². The first-order valence-corrected chi connectivity index (χ1v) is 11.0. The summed E-state index contributed by atoms with van der Waals surface area (Å²) in [6.45, 7) is 11.5. The Morgan fingerprint density at radius 2 is 1.72 bits per heavy atom. The van der Waals surface area contributed by atoms with Crippen LogP contribution in [0.3, 0.4) is 0 Å². The summed E-state index contributed by atoms with van der Waals surface area (Å²) in [5.41, 5.74) is 6.20. The van der Waals surface area contributed by atoms with Crippen LogP contribution in [0.1, 0.15) is 39.4 Å². The topological polar surface area (TPSA) is 41.4 Å². The summed E-state index contributed by atoms with van der Waals surface area (Å²) < 4.78 is 2.18. The molecule has 3 heterocycles. The lowest BCUT2D eigenvalue weighted by Gasteiger charge is -2.24. The fourth-order valence-electron chi connectivity index (χ4n) is 4.03. The predicted octanol–water partition coefficient (Wildman–Crippen LogP) is 4.52. The molecule has 0 spiro atoms. The maximum atomic E-state index is 13.6. The molecular formula is C23H28N4OS. The summed E-state index contributed by atoms with van der Waals surface area (Å²) in [6.07, 6.45) is 0.951. The van der Waals surface area contributed by atoms with Crippen LogP contribution >= 0.6 is 11.3 Å². The molecule has 0 saturated carbocycles. The molecule has 4 rings (SSSR count). The Bertz CT molecular complexity index is 1020. The number of nitrogens with zero attached hydrogens (tertiary/aromatic N) is 4. The molecule has 0 radical (unpaired) electrons. The second-order valence-electron chi connectivity index (χ2n) is 7.88. The van der Waals surface area contributed by atoms with Gasteiger partial charge in [-0.3, -0.25) is 4.79 Å². The zero-order valence-electron chi connectivity index (χ0n) is 17.6. The van der Waals surface area contributed by atoms with Crippen LogP contribution in [-0.4, -0.2) is 46.5 Å². The molecule has 0 bridgehead atoms. The Morgan fingerprint density at radius 3 is 2.41 bits per heavy atom. The maximum absolute atomic E-state index is 13.6. The largest absolute Gasteiger partial charge is 0.346 e. The molecule has 3 aromatic rings. The highest BCUT2D eigenvalue weighted by Gasteiger charge is 2.24. The van der Waals surface area contributed by atoms with Crippen molar-refractivity contribution in [1.29, 1.82) is 0 Å². The third kappa shape index (κ3) is 3.94. The third-order valence-electron chi connectivity index (χ3n) is 5.56. The third-order valence-corrected chi connectivity index (χ3v) is 6.57. The minimum Gasteiger partial charge on any atom is -0.346 e. The van der Waals surface area contributed by atoms with Crippen molar-refractivity contribution in [2.45, 2.75) is 34.1 Å². The number of hydrogen-bond acceptors (Lipinski definition) is 4. The van der Waals surface area contributed by atoms with E-state index in [-0.39, 0.29) is 5.91 Å². The van der Waals surface area contributed by atoms with Crippen molar-refractivity contribution in [1.82, 2.24) is 14.5 Å². The van der Waals surface area contributed by atoms with E-state index in [1.807, 2.05) is 24.8 Å². The molecule has 0 aliphatic carbocycles. The summed E-state index contributed by atoms with van der Waals surface area (Å²) in [5, 5.41) is 3.15. The average Bonchev–Trinajstić information content (AvgIpc) is 3.17. The smallest absolute Gasteiger partial charge is 0.256 e. The molecule has 0 atom stereocenters. The minimum atomic E-state index is 0.119. The summed E-state index contributed by atoms with van der Waals surface area (Å²) in [6, 6.07) is 10.4. The number of carbonyl (C=O) groups excluding carboxylic acids is 1. The monoisotopic (exact) mass is 408 g/mol. The van der Waals surface area contributed by atoms with Gasteiger partial charge in [0.05, 0.1) is 16.9 Å². The van der Waals surface area contributed by atoms with Crippen LogP contribution in [0.4, 0.5) is 5.13 Å². The van der Waals surface area contributed by atoms with Gasteiger partial charge >= 0.3 is 0 Å². The summed E-state index contributed by atoms with van der Waals surface area (Å²) in [4.78, 5) is 22.5. The van der Waals surface area contributed by atoms with E-state index >= 15 is 0 Å². The molecular weight excluding hydrogens is 380 g/mol. The molecule has 1 amide bonds. The van der Waals surface area contributed by atoms with Crippen LogP contribution in [0.5, 0.6) is 0 Å². The van der Waals surface area contributed by atoms with Gasteiger partial charge in [0.15, 0.2) is 5.13 Å². The van der Waals surface area contributed by atoms with E-state index in [2.05, 4.69) is 57.9 Å². The van der Waals surface area contributed by atoms with Crippen molar-refractivity contribution in [2.24, 2.45) is 0 Å². The van der Waals surface area contributed by atoms with Gasteiger partial charge in [-0.05, 0) is 58.4 Å². The lowest BCUT2D eigenvalue weighted by Crippen LogP contribution is -2.35. The SMILES string of the molecule is Cc1ccc(-n2c(C)ccc2C)c(C(=O)N2CCCN(c3nc(C)cs3)CC2)c1. The van der Waals surface area contributed by atoms with E-state index in [1.54, 1.807) is 11.3 Å². The van der Waals surface area contributed by atoms with Crippen LogP contribution in [0.15, 0.2) is 35.7 Å². The van der Waals surface area contributed by atoms with Gasteiger partial charge < -0.3 is 14.4 Å². The Balaban J connectivity index is 1.61. The minimum absolute atomic E-state index is 0.119. The molecule has 1 aromatic carbocycles. The number of benzene rings is 1. The van der Waals surface area contributed by atoms with E-state index < -0.39 is 0 Å². The van der Waals surface area contributed by atoms with Gasteiger partial charge in [-0.25, -0.2) is 4.98 Å². The fourth-order valence-corrected chi connectivity index (χ4v) is 4.89.